The lowest BCUT2D eigenvalue weighted by Gasteiger charge is -2.49. The van der Waals surface area contributed by atoms with Crippen molar-refractivity contribution in [1.29, 1.82) is 0 Å². The highest BCUT2D eigenvalue weighted by molar-refractivity contribution is 8.00. The van der Waals surface area contributed by atoms with Crippen molar-refractivity contribution in [2.45, 2.75) is 23.1 Å². The molecule has 5 aromatic carbocycles. The summed E-state index contributed by atoms with van der Waals surface area (Å²) in [5, 5.41) is 12.4. The van der Waals surface area contributed by atoms with Gasteiger partial charge in [-0.1, -0.05) is 169 Å². The lowest BCUT2D eigenvalue weighted by Crippen LogP contribution is -2.71. The van der Waals surface area contributed by atoms with Crippen LogP contribution in [-0.4, -0.2) is 63.0 Å². The zero-order valence-electron chi connectivity index (χ0n) is 32.7. The van der Waals surface area contributed by atoms with Gasteiger partial charge in [0.05, 0.1) is 0 Å². The number of halogens is 1. The van der Waals surface area contributed by atoms with Crippen molar-refractivity contribution in [3.05, 3.63) is 214 Å². The highest BCUT2D eigenvalue weighted by Crippen LogP contribution is 2.43. The summed E-state index contributed by atoms with van der Waals surface area (Å²) in [5.74, 6) is -1.47. The third-order valence-electron chi connectivity index (χ3n) is 10.3. The normalized spacial score (nSPS) is 16.3. The van der Waals surface area contributed by atoms with Crippen molar-refractivity contribution in [1.82, 2.24) is 15.2 Å². The summed E-state index contributed by atoms with van der Waals surface area (Å²) in [7, 11) is 0. The number of carbonyl (C=O) groups excluding carboxylic acids is 3. The lowest BCUT2D eigenvalue weighted by molar-refractivity contribution is -0.154. The number of esters is 1. The average Bonchev–Trinajstić information content (AvgIpc) is 3.79. The molecule has 2 atom stereocenters. The molecular weight excluding hydrogens is 826 g/mol. The number of hydrogen-bond acceptors (Lipinski definition) is 10. The number of alkyl halides is 1. The largest absolute Gasteiger partial charge is 0.448 e. The van der Waals surface area contributed by atoms with Gasteiger partial charge in [0.2, 0.25) is 0 Å². The lowest BCUT2D eigenvalue weighted by atomic mass is 9.77. The number of nitrogens with zero attached hydrogens (tertiary/aromatic N) is 3. The minimum Gasteiger partial charge on any atom is -0.448 e. The van der Waals surface area contributed by atoms with E-state index in [1.54, 1.807) is 5.38 Å². The van der Waals surface area contributed by atoms with Gasteiger partial charge in [-0.05, 0) is 33.4 Å². The molecule has 1 unspecified atom stereocenters. The molecule has 306 valence electrons. The molecule has 0 spiro atoms. The van der Waals surface area contributed by atoms with E-state index in [1.807, 2.05) is 115 Å². The minimum atomic E-state index is -0.987. The summed E-state index contributed by atoms with van der Waals surface area (Å²) >= 11 is 9.08. The van der Waals surface area contributed by atoms with Crippen molar-refractivity contribution in [2.75, 3.05) is 23.6 Å². The van der Waals surface area contributed by atoms with Crippen molar-refractivity contribution >= 4 is 63.3 Å². The van der Waals surface area contributed by atoms with Gasteiger partial charge in [0, 0.05) is 17.0 Å². The first-order valence-corrected chi connectivity index (χ1v) is 21.9. The molecule has 13 heteroatoms. The van der Waals surface area contributed by atoms with Crippen molar-refractivity contribution in [3.63, 3.8) is 0 Å². The highest BCUT2D eigenvalue weighted by atomic mass is 35.5. The summed E-state index contributed by atoms with van der Waals surface area (Å²) in [6.45, 7) is 3.73. The number of carbonyl (C=O) groups is 3. The van der Waals surface area contributed by atoms with Gasteiger partial charge in [-0.2, -0.15) is 0 Å². The number of anilines is 1. The number of hydrogen-bond donors (Lipinski definition) is 2. The molecule has 2 aliphatic rings. The number of aromatic nitrogens is 1. The Morgan fingerprint density at radius 2 is 1.38 bits per heavy atom. The number of amides is 2. The molecule has 2 amide bonds. The minimum absolute atomic E-state index is 0.0179. The van der Waals surface area contributed by atoms with Crippen LogP contribution in [0.25, 0.3) is 0 Å². The number of thiazole rings is 1. The number of fused-ring (bicyclic) bond motifs is 1. The van der Waals surface area contributed by atoms with E-state index in [0.717, 1.165) is 27.8 Å². The molecule has 0 aliphatic carbocycles. The summed E-state index contributed by atoms with van der Waals surface area (Å²) in [6.07, 6.45) is 0.776. The van der Waals surface area contributed by atoms with E-state index in [9.17, 15) is 14.4 Å². The van der Waals surface area contributed by atoms with Gasteiger partial charge in [-0.25, -0.2) is 9.78 Å². The second-order valence-corrected chi connectivity index (χ2v) is 16.3. The Bertz CT molecular complexity index is 2420. The first kappa shape index (κ1) is 41.3. The molecule has 2 N–H and O–H groups in total. The molecule has 3 heterocycles. The van der Waals surface area contributed by atoms with Crippen LogP contribution < -0.4 is 10.6 Å². The van der Waals surface area contributed by atoms with Gasteiger partial charge < -0.3 is 20.2 Å². The number of β-lactam (4-membered cyclic amide) rings is 1. The fourth-order valence-electron chi connectivity index (χ4n) is 7.47. The summed E-state index contributed by atoms with van der Waals surface area (Å²) < 4.78 is 6.18. The number of ether oxygens (including phenoxy) is 1. The molecule has 0 radical (unpaired) electrons. The zero-order valence-corrected chi connectivity index (χ0v) is 35.1. The molecule has 8 rings (SSSR count). The molecule has 0 saturated carbocycles. The molecule has 1 fully saturated rings. The van der Waals surface area contributed by atoms with Gasteiger partial charge in [-0.3, -0.25) is 14.5 Å². The van der Waals surface area contributed by atoms with Crippen LogP contribution >= 0.6 is 34.7 Å². The van der Waals surface area contributed by atoms with Gasteiger partial charge in [0.1, 0.15) is 35.0 Å². The molecule has 61 heavy (non-hydrogen) atoms. The summed E-state index contributed by atoms with van der Waals surface area (Å²) in [6, 6.07) is 48.1. The molecular formula is C48H40ClN5O5S2. The van der Waals surface area contributed by atoms with E-state index < -0.39 is 40.8 Å². The highest BCUT2D eigenvalue weighted by Gasteiger charge is 2.55. The van der Waals surface area contributed by atoms with Crippen molar-refractivity contribution in [2.24, 2.45) is 5.16 Å². The quantitative estimate of drug-likeness (QED) is 0.0145. The van der Waals surface area contributed by atoms with Crippen LogP contribution in [0.15, 0.2) is 186 Å². The monoisotopic (exact) mass is 865 g/mol. The smallest absolute Gasteiger partial charge is 0.356 e. The van der Waals surface area contributed by atoms with Crippen LogP contribution in [0.1, 0.15) is 39.6 Å². The summed E-state index contributed by atoms with van der Waals surface area (Å²) in [5.41, 5.74) is 4.37. The van der Waals surface area contributed by atoms with Gasteiger partial charge in [0.15, 0.2) is 16.9 Å². The van der Waals surface area contributed by atoms with Gasteiger partial charge in [0.25, 0.3) is 11.8 Å². The number of nitrogens with one attached hydrogen (secondary N) is 2. The van der Waals surface area contributed by atoms with Crippen LogP contribution in [0.2, 0.25) is 0 Å². The van der Waals surface area contributed by atoms with E-state index in [1.165, 1.54) is 34.1 Å². The molecule has 1 saturated heterocycles. The van der Waals surface area contributed by atoms with E-state index in [2.05, 4.69) is 58.8 Å². The number of oxime groups is 1. The Hall–Kier alpha value is -6.47. The number of benzene rings is 5. The van der Waals surface area contributed by atoms with Crippen LogP contribution in [0.5, 0.6) is 0 Å². The van der Waals surface area contributed by atoms with Crippen molar-refractivity contribution < 1.29 is 24.0 Å². The zero-order chi connectivity index (χ0) is 42.2. The van der Waals surface area contributed by atoms with E-state index in [-0.39, 0.29) is 29.6 Å². The summed E-state index contributed by atoms with van der Waals surface area (Å²) in [4.78, 5) is 54.1. The number of rotatable bonds is 16. The average molecular weight is 866 g/mol. The standard InChI is InChI=1S/C48H40ClN5O5S2/c1-2-28-58-53-39(38-31-61-47(50-38)52-48(35-22-12-5-13-23-35,36-24-14-6-15-25-36)37-26-16-7-17-27-37)43(55)51-40-44(56)54-41(34(29-49)30-60-45(40)54)46(57)59-42(32-18-8-3-9-19-32)33-20-10-4-11-21-33/h2-27,31,40,42,45H,1,28-30H2,(H,50,52)(H,51,55)/b53-39-/t40?,45-/m0/s1. The van der Waals surface area contributed by atoms with Gasteiger partial charge in [-0.15, -0.1) is 34.7 Å². The Morgan fingerprint density at radius 1 is 0.852 bits per heavy atom. The van der Waals surface area contributed by atoms with E-state index >= 15 is 0 Å². The third kappa shape index (κ3) is 8.47. The Labute approximate surface area is 367 Å². The van der Waals surface area contributed by atoms with Crippen molar-refractivity contribution in [3.8, 4) is 0 Å². The number of thioether (sulfide) groups is 1. The maximum atomic E-state index is 14.2. The van der Waals surface area contributed by atoms with Crippen LogP contribution in [0.4, 0.5) is 5.13 Å². The fourth-order valence-corrected chi connectivity index (χ4v) is 9.90. The maximum absolute atomic E-state index is 14.2. The third-order valence-corrected chi connectivity index (χ3v) is 12.8. The van der Waals surface area contributed by atoms with E-state index in [4.69, 9.17) is 26.2 Å². The molecule has 2 aliphatic heterocycles. The van der Waals surface area contributed by atoms with Crippen LogP contribution in [0, 0.1) is 0 Å². The Morgan fingerprint density at radius 3 is 1.89 bits per heavy atom. The maximum Gasteiger partial charge on any atom is 0.356 e. The topological polar surface area (TPSA) is 122 Å². The second kappa shape index (κ2) is 18.8. The predicted octanol–water partition coefficient (Wildman–Crippen LogP) is 8.68. The molecule has 0 bridgehead atoms. The molecule has 10 nitrogen and oxygen atoms in total. The fraction of sp³-hybridized carbons (Fsp3) is 0.146. The van der Waals surface area contributed by atoms with Gasteiger partial charge >= 0.3 is 5.97 Å². The Balaban J connectivity index is 1.05. The SMILES string of the molecule is C=CCO/N=C(\C(=O)NC1C(=O)N2C(C(=O)OC(c3ccccc3)c3ccccc3)=C(CCl)CS[C@@H]12)c1csc(NC(c2ccccc2)(c2ccccc2)c2ccccc2)n1. The van der Waals surface area contributed by atoms with E-state index in [0.29, 0.717) is 16.5 Å². The predicted molar refractivity (Wildman–Crippen MR) is 241 cm³/mol. The molecule has 6 aromatic rings. The second-order valence-electron chi connectivity index (χ2n) is 14.1. The first-order valence-electron chi connectivity index (χ1n) is 19.5. The Kier molecular flexibility index (Phi) is 12.8. The molecule has 1 aromatic heterocycles. The van der Waals surface area contributed by atoms with Crippen LogP contribution in [0.3, 0.4) is 0 Å². The van der Waals surface area contributed by atoms with Crippen LogP contribution in [-0.2, 0) is 29.5 Å². The first-order chi connectivity index (χ1) is 29.9.